The molecule has 2 aliphatic rings. The van der Waals surface area contributed by atoms with Crippen molar-refractivity contribution < 1.29 is 0 Å². The van der Waals surface area contributed by atoms with Crippen LogP contribution >= 0.6 is 0 Å². The normalized spacial score (nSPS) is 20.3. The lowest BCUT2D eigenvalue weighted by Crippen LogP contribution is -2.34. The molecule has 4 aromatic rings. The lowest BCUT2D eigenvalue weighted by molar-refractivity contribution is 0.416. The third-order valence-electron chi connectivity index (χ3n) is 10.3. The maximum atomic E-state index is 4.14. The van der Waals surface area contributed by atoms with Crippen LogP contribution in [-0.2, 0) is 0 Å². The molecular formula is C51H54N2. The Balaban J connectivity index is 1.12. The van der Waals surface area contributed by atoms with Crippen molar-refractivity contribution in [3.05, 3.63) is 211 Å². The zero-order valence-electron chi connectivity index (χ0n) is 31.9. The van der Waals surface area contributed by atoms with E-state index < -0.39 is 0 Å². The minimum atomic E-state index is 0.313. The molecule has 0 aromatic heterocycles. The second-order valence-electron chi connectivity index (χ2n) is 14.3. The van der Waals surface area contributed by atoms with Crippen molar-refractivity contribution in [3.8, 4) is 0 Å². The van der Waals surface area contributed by atoms with Crippen molar-refractivity contribution in [2.75, 3.05) is 9.80 Å². The van der Waals surface area contributed by atoms with Gasteiger partial charge in [-0.25, -0.2) is 0 Å². The van der Waals surface area contributed by atoms with Crippen molar-refractivity contribution >= 4 is 28.8 Å². The van der Waals surface area contributed by atoms with Gasteiger partial charge in [-0.2, -0.15) is 0 Å². The predicted molar refractivity (Wildman–Crippen MR) is 231 cm³/mol. The van der Waals surface area contributed by atoms with Crippen LogP contribution in [-0.4, -0.2) is 6.04 Å². The van der Waals surface area contributed by atoms with Gasteiger partial charge < -0.3 is 9.80 Å². The Labute approximate surface area is 318 Å². The van der Waals surface area contributed by atoms with Crippen molar-refractivity contribution in [1.82, 2.24) is 0 Å². The molecule has 0 bridgehead atoms. The van der Waals surface area contributed by atoms with Gasteiger partial charge in [0, 0.05) is 28.4 Å². The smallest absolute Gasteiger partial charge is 0.0525 e. The number of benzene rings is 4. The largest absolute Gasteiger partial charge is 0.335 e. The molecule has 0 spiro atoms. The Bertz CT molecular complexity index is 2040. The first-order valence-corrected chi connectivity index (χ1v) is 19.2. The van der Waals surface area contributed by atoms with Crippen LogP contribution in [0, 0.1) is 31.6 Å². The van der Waals surface area contributed by atoms with E-state index in [1.54, 1.807) is 0 Å². The van der Waals surface area contributed by atoms with Crippen LogP contribution in [0.15, 0.2) is 194 Å². The van der Waals surface area contributed by atoms with Crippen LogP contribution in [0.1, 0.15) is 49.8 Å². The Morgan fingerprint density at radius 2 is 1.53 bits per heavy atom. The van der Waals surface area contributed by atoms with Gasteiger partial charge in [-0.1, -0.05) is 142 Å². The van der Waals surface area contributed by atoms with Gasteiger partial charge in [0.25, 0.3) is 0 Å². The van der Waals surface area contributed by atoms with E-state index >= 15 is 0 Å². The number of aryl methyl sites for hydroxylation is 2. The molecule has 268 valence electrons. The second kappa shape index (κ2) is 18.2. The van der Waals surface area contributed by atoms with E-state index in [2.05, 4.69) is 220 Å². The van der Waals surface area contributed by atoms with Crippen molar-refractivity contribution in [2.24, 2.45) is 17.8 Å². The molecule has 0 fully saturated rings. The van der Waals surface area contributed by atoms with Gasteiger partial charge in [-0.15, -0.1) is 0 Å². The monoisotopic (exact) mass is 694 g/mol. The molecule has 0 saturated heterocycles. The Morgan fingerprint density at radius 1 is 0.774 bits per heavy atom. The number of anilines is 4. The standard InChI is InChI=1S/C51H54N2/c1-6-8-11-21-46(7-2)52(47-22-12-9-13-23-47)50-33-31-44(40(4)36-50)29-27-42-19-17-20-43(38-42)28-30-45-32-34-51(37-41(45)5)53(48-24-14-10-15-25-48)49-26-16-18-39(3)35-49/h7-36,41-42,45,51H,2,6,37-38H2,1,3-5H3/b11-8-,29-27-,30-28+,46-21+. The van der Waals surface area contributed by atoms with Crippen LogP contribution in [0.25, 0.3) is 6.08 Å². The van der Waals surface area contributed by atoms with Gasteiger partial charge in [0.05, 0.1) is 6.04 Å². The average molecular weight is 695 g/mol. The van der Waals surface area contributed by atoms with E-state index in [0.29, 0.717) is 23.8 Å². The molecule has 0 amide bonds. The molecule has 0 N–H and O–H groups in total. The van der Waals surface area contributed by atoms with Crippen LogP contribution in [0.4, 0.5) is 22.7 Å². The maximum absolute atomic E-state index is 4.14. The SMILES string of the molecule is C=C/C(=C\C=C/CC)N(c1ccccc1)c1ccc(/C=C\C2C=CC=C(/C=C/C3C=CC(N(c4ccccc4)c4cccc(C)c4)CC3C)C2)c(C)c1. The van der Waals surface area contributed by atoms with Gasteiger partial charge in [0.2, 0.25) is 0 Å². The number of rotatable bonds is 13. The van der Waals surface area contributed by atoms with E-state index in [1.807, 2.05) is 6.08 Å². The summed E-state index contributed by atoms with van der Waals surface area (Å²) in [7, 11) is 0. The van der Waals surface area contributed by atoms with Crippen LogP contribution in [0.2, 0.25) is 0 Å². The lowest BCUT2D eigenvalue weighted by atomic mass is 9.81. The molecule has 4 unspecified atom stereocenters. The number of hydrogen-bond acceptors (Lipinski definition) is 2. The van der Waals surface area contributed by atoms with Gasteiger partial charge in [-0.05, 0) is 134 Å². The molecule has 2 nitrogen and oxygen atoms in total. The fraction of sp³-hybridized carbons (Fsp3) is 0.216. The fourth-order valence-corrected chi connectivity index (χ4v) is 7.40. The first-order chi connectivity index (χ1) is 25.9. The summed E-state index contributed by atoms with van der Waals surface area (Å²) in [6.45, 7) is 13.1. The summed E-state index contributed by atoms with van der Waals surface area (Å²) in [6.07, 6.45) is 32.5. The predicted octanol–water partition coefficient (Wildman–Crippen LogP) is 14.0. The third-order valence-corrected chi connectivity index (χ3v) is 10.3. The molecule has 4 aromatic carbocycles. The van der Waals surface area contributed by atoms with E-state index in [0.717, 1.165) is 36.3 Å². The quantitative estimate of drug-likeness (QED) is 0.102. The summed E-state index contributed by atoms with van der Waals surface area (Å²) in [5.74, 6) is 1.30. The summed E-state index contributed by atoms with van der Waals surface area (Å²) in [5, 5.41) is 0. The molecule has 0 radical (unpaired) electrons. The van der Waals surface area contributed by atoms with Crippen molar-refractivity contribution in [3.63, 3.8) is 0 Å². The molecule has 2 heteroatoms. The highest BCUT2D eigenvalue weighted by molar-refractivity contribution is 5.73. The molecule has 2 aliphatic carbocycles. The van der Waals surface area contributed by atoms with E-state index in [-0.39, 0.29) is 0 Å². The fourth-order valence-electron chi connectivity index (χ4n) is 7.40. The van der Waals surface area contributed by atoms with E-state index in [1.165, 1.54) is 33.6 Å². The molecule has 53 heavy (non-hydrogen) atoms. The Kier molecular flexibility index (Phi) is 12.8. The van der Waals surface area contributed by atoms with E-state index in [9.17, 15) is 0 Å². The highest BCUT2D eigenvalue weighted by atomic mass is 15.2. The maximum Gasteiger partial charge on any atom is 0.0525 e. The summed E-state index contributed by atoms with van der Waals surface area (Å²) in [4.78, 5) is 4.77. The van der Waals surface area contributed by atoms with Gasteiger partial charge >= 0.3 is 0 Å². The first-order valence-electron chi connectivity index (χ1n) is 19.2. The van der Waals surface area contributed by atoms with Crippen LogP contribution < -0.4 is 9.80 Å². The van der Waals surface area contributed by atoms with Crippen LogP contribution in [0.5, 0.6) is 0 Å². The van der Waals surface area contributed by atoms with Gasteiger partial charge in [-0.3, -0.25) is 0 Å². The topological polar surface area (TPSA) is 6.48 Å². The molecule has 4 atom stereocenters. The van der Waals surface area contributed by atoms with Gasteiger partial charge in [0.1, 0.15) is 0 Å². The summed E-state index contributed by atoms with van der Waals surface area (Å²) in [6, 6.07) is 37.2. The van der Waals surface area contributed by atoms with Crippen molar-refractivity contribution in [2.45, 2.75) is 53.0 Å². The first kappa shape index (κ1) is 37.2. The Morgan fingerprint density at radius 3 is 2.23 bits per heavy atom. The highest BCUT2D eigenvalue weighted by Gasteiger charge is 2.27. The summed E-state index contributed by atoms with van der Waals surface area (Å²) >= 11 is 0. The number of para-hydroxylation sites is 2. The summed E-state index contributed by atoms with van der Waals surface area (Å²) < 4.78 is 0. The number of hydrogen-bond donors (Lipinski definition) is 0. The second-order valence-corrected chi connectivity index (χ2v) is 14.3. The molecule has 0 saturated carbocycles. The lowest BCUT2D eigenvalue weighted by Gasteiger charge is -2.37. The molecular weight excluding hydrogens is 641 g/mol. The number of allylic oxidation sites excluding steroid dienone is 12. The molecule has 6 rings (SSSR count). The Hall–Kier alpha value is -5.60. The van der Waals surface area contributed by atoms with E-state index in [4.69, 9.17) is 0 Å². The minimum Gasteiger partial charge on any atom is -0.335 e. The number of nitrogens with zero attached hydrogens (tertiary/aromatic N) is 2. The van der Waals surface area contributed by atoms with Gasteiger partial charge in [0.15, 0.2) is 0 Å². The summed E-state index contributed by atoms with van der Waals surface area (Å²) in [5.41, 5.74) is 10.9. The minimum absolute atomic E-state index is 0.313. The van der Waals surface area contributed by atoms with Crippen LogP contribution in [0.3, 0.4) is 0 Å². The zero-order chi connectivity index (χ0) is 37.0. The zero-order valence-corrected chi connectivity index (χ0v) is 31.9. The average Bonchev–Trinajstić information content (AvgIpc) is 3.18. The molecule has 0 aliphatic heterocycles. The molecule has 0 heterocycles. The highest BCUT2D eigenvalue weighted by Crippen LogP contribution is 2.37. The third kappa shape index (κ3) is 9.64. The van der Waals surface area contributed by atoms with Crippen molar-refractivity contribution in [1.29, 1.82) is 0 Å².